The molecule has 0 aliphatic carbocycles. The van der Waals surface area contributed by atoms with Gasteiger partial charge >= 0.3 is 0 Å². The van der Waals surface area contributed by atoms with E-state index < -0.39 is 0 Å². The van der Waals surface area contributed by atoms with Gasteiger partial charge < -0.3 is 4.90 Å². The van der Waals surface area contributed by atoms with Crippen molar-refractivity contribution in [2.24, 2.45) is 0 Å². The van der Waals surface area contributed by atoms with E-state index in [9.17, 15) is 0 Å². The maximum atomic E-state index is 2.76. The molecule has 0 amide bonds. The maximum absolute atomic E-state index is 2.76. The summed E-state index contributed by atoms with van der Waals surface area (Å²) in [7, 11) is 0. The van der Waals surface area contributed by atoms with Gasteiger partial charge in [0.1, 0.15) is 0 Å². The number of hydrogen-bond acceptors (Lipinski definition) is 1. The van der Waals surface area contributed by atoms with Crippen LogP contribution in [0, 0.1) is 0 Å². The zero-order valence-corrected chi connectivity index (χ0v) is 17.8. The Morgan fingerprint density at radius 3 is 1.36 bits per heavy atom. The van der Waals surface area contributed by atoms with Gasteiger partial charge in [-0.1, -0.05) is 76.2 Å². The Bertz CT molecular complexity index is 270. The molecular formula is C24H47N. The van der Waals surface area contributed by atoms with Crippen molar-refractivity contribution < 1.29 is 0 Å². The van der Waals surface area contributed by atoms with Crippen LogP contribution in [0.5, 0.6) is 0 Å². The first kappa shape index (κ1) is 24.4. The molecule has 25 heavy (non-hydrogen) atoms. The zero-order chi connectivity index (χ0) is 18.4. The van der Waals surface area contributed by atoms with Crippen molar-refractivity contribution >= 4 is 0 Å². The fraction of sp³-hybridized carbons (Fsp3) is 0.833. The Kier molecular flexibility index (Phi) is 21.0. The Morgan fingerprint density at radius 2 is 0.920 bits per heavy atom. The summed E-state index contributed by atoms with van der Waals surface area (Å²) in [5, 5.41) is 0. The van der Waals surface area contributed by atoms with Crippen LogP contribution in [0.3, 0.4) is 0 Å². The van der Waals surface area contributed by atoms with Crippen LogP contribution < -0.4 is 0 Å². The third-order valence-corrected chi connectivity index (χ3v) is 4.99. The van der Waals surface area contributed by atoms with Gasteiger partial charge in [-0.2, -0.15) is 0 Å². The van der Waals surface area contributed by atoms with Crippen LogP contribution in [0.4, 0.5) is 0 Å². The Morgan fingerprint density at radius 1 is 0.520 bits per heavy atom. The molecule has 0 fully saturated rings. The van der Waals surface area contributed by atoms with E-state index in [1.54, 1.807) is 0 Å². The van der Waals surface area contributed by atoms with Gasteiger partial charge in [0.05, 0.1) is 0 Å². The summed E-state index contributed by atoms with van der Waals surface area (Å²) in [6.07, 6.45) is 28.2. The molecule has 0 aromatic carbocycles. The average molecular weight is 350 g/mol. The van der Waals surface area contributed by atoms with E-state index in [1.807, 2.05) is 0 Å². The largest absolute Gasteiger partial charge is 0.303 e. The van der Waals surface area contributed by atoms with Crippen LogP contribution in [0.2, 0.25) is 0 Å². The monoisotopic (exact) mass is 349 g/mol. The fourth-order valence-electron chi connectivity index (χ4n) is 3.33. The number of rotatable bonds is 19. The molecule has 1 heteroatoms. The van der Waals surface area contributed by atoms with Gasteiger partial charge in [-0.05, 0) is 78.4 Å². The van der Waals surface area contributed by atoms with Gasteiger partial charge in [0.15, 0.2) is 0 Å². The first-order chi connectivity index (χ1) is 12.3. The molecule has 0 radical (unpaired) electrons. The quantitative estimate of drug-likeness (QED) is 0.169. The smallest absolute Gasteiger partial charge is 0.00187 e. The summed E-state index contributed by atoms with van der Waals surface area (Å²) in [6.45, 7) is 10.5. The second-order valence-electron chi connectivity index (χ2n) is 7.45. The summed E-state index contributed by atoms with van der Waals surface area (Å²) in [5.41, 5.74) is 0. The first-order valence-electron chi connectivity index (χ1n) is 11.3. The third kappa shape index (κ3) is 19.6. The van der Waals surface area contributed by atoms with Gasteiger partial charge in [-0.3, -0.25) is 0 Å². The van der Waals surface area contributed by atoms with Crippen LogP contribution in [0.1, 0.15) is 111 Å². The molecule has 0 saturated heterocycles. The van der Waals surface area contributed by atoms with E-state index in [1.165, 1.54) is 110 Å². The molecule has 0 saturated carbocycles. The third-order valence-electron chi connectivity index (χ3n) is 4.99. The predicted octanol–water partition coefficient (Wildman–Crippen LogP) is 7.92. The van der Waals surface area contributed by atoms with Crippen molar-refractivity contribution in [3.63, 3.8) is 0 Å². The molecule has 148 valence electrons. The SMILES string of the molecule is C/C=C/CCCCCN(CCCCC/C=C/C)CCCCCCCC. The topological polar surface area (TPSA) is 3.24 Å². The number of hydrogen-bond donors (Lipinski definition) is 0. The van der Waals surface area contributed by atoms with Gasteiger partial charge in [0.2, 0.25) is 0 Å². The second-order valence-corrected chi connectivity index (χ2v) is 7.45. The molecule has 0 spiro atoms. The molecular weight excluding hydrogens is 302 g/mol. The van der Waals surface area contributed by atoms with Crippen molar-refractivity contribution in [1.82, 2.24) is 4.90 Å². The standard InChI is InChI=1S/C24H47N/c1-4-7-10-13-16-19-22-25(23-20-17-14-11-8-5-2)24-21-18-15-12-9-6-3/h4-5,7-8H,6,9-24H2,1-3H3/b7-4+,8-5+. The molecule has 0 aromatic rings. The van der Waals surface area contributed by atoms with Crippen LogP contribution in [-0.4, -0.2) is 24.5 Å². The highest BCUT2D eigenvalue weighted by Crippen LogP contribution is 2.10. The van der Waals surface area contributed by atoms with Gasteiger partial charge in [-0.15, -0.1) is 0 Å². The van der Waals surface area contributed by atoms with Crippen LogP contribution in [0.15, 0.2) is 24.3 Å². The molecule has 0 bridgehead atoms. The van der Waals surface area contributed by atoms with Crippen molar-refractivity contribution in [1.29, 1.82) is 0 Å². The highest BCUT2D eigenvalue weighted by Gasteiger charge is 2.04. The van der Waals surface area contributed by atoms with E-state index in [-0.39, 0.29) is 0 Å². The lowest BCUT2D eigenvalue weighted by molar-refractivity contribution is 0.255. The van der Waals surface area contributed by atoms with E-state index in [0.29, 0.717) is 0 Å². The number of allylic oxidation sites excluding steroid dienone is 4. The van der Waals surface area contributed by atoms with E-state index in [2.05, 4.69) is 50.0 Å². The van der Waals surface area contributed by atoms with Crippen LogP contribution in [0.25, 0.3) is 0 Å². The highest BCUT2D eigenvalue weighted by molar-refractivity contribution is 4.77. The lowest BCUT2D eigenvalue weighted by atomic mass is 10.1. The van der Waals surface area contributed by atoms with Crippen LogP contribution in [-0.2, 0) is 0 Å². The fourth-order valence-corrected chi connectivity index (χ4v) is 3.33. The summed E-state index contributed by atoms with van der Waals surface area (Å²) < 4.78 is 0. The normalized spacial score (nSPS) is 12.2. The van der Waals surface area contributed by atoms with Gasteiger partial charge in [0, 0.05) is 0 Å². The molecule has 1 nitrogen and oxygen atoms in total. The molecule has 0 rings (SSSR count). The number of unbranched alkanes of at least 4 members (excludes halogenated alkanes) is 11. The van der Waals surface area contributed by atoms with E-state index in [4.69, 9.17) is 0 Å². The lowest BCUT2D eigenvalue weighted by Crippen LogP contribution is -2.27. The molecule has 0 heterocycles. The average Bonchev–Trinajstić information content (AvgIpc) is 2.63. The molecule has 0 aromatic heterocycles. The first-order valence-corrected chi connectivity index (χ1v) is 11.3. The lowest BCUT2D eigenvalue weighted by Gasteiger charge is -2.22. The summed E-state index contributed by atoms with van der Waals surface area (Å²) in [6, 6.07) is 0. The maximum Gasteiger partial charge on any atom is -0.00187 e. The van der Waals surface area contributed by atoms with Crippen LogP contribution >= 0.6 is 0 Å². The summed E-state index contributed by atoms with van der Waals surface area (Å²) in [5.74, 6) is 0. The molecule has 0 aliphatic rings. The van der Waals surface area contributed by atoms with Gasteiger partial charge in [0.25, 0.3) is 0 Å². The van der Waals surface area contributed by atoms with Crippen molar-refractivity contribution in [3.8, 4) is 0 Å². The zero-order valence-electron chi connectivity index (χ0n) is 17.8. The van der Waals surface area contributed by atoms with Crippen molar-refractivity contribution in [2.75, 3.05) is 19.6 Å². The summed E-state index contributed by atoms with van der Waals surface area (Å²) in [4.78, 5) is 2.76. The minimum absolute atomic E-state index is 1.26. The summed E-state index contributed by atoms with van der Waals surface area (Å²) >= 11 is 0. The van der Waals surface area contributed by atoms with Crippen molar-refractivity contribution in [2.45, 2.75) is 111 Å². The second kappa shape index (κ2) is 21.5. The Labute approximate surface area is 160 Å². The number of nitrogens with zero attached hydrogens (tertiary/aromatic N) is 1. The molecule has 0 unspecified atom stereocenters. The van der Waals surface area contributed by atoms with E-state index >= 15 is 0 Å². The minimum Gasteiger partial charge on any atom is -0.303 e. The van der Waals surface area contributed by atoms with Gasteiger partial charge in [-0.25, -0.2) is 0 Å². The minimum atomic E-state index is 1.26. The Hall–Kier alpha value is -0.560. The molecule has 0 aliphatic heterocycles. The predicted molar refractivity (Wildman–Crippen MR) is 116 cm³/mol. The molecule has 0 atom stereocenters. The Balaban J connectivity index is 3.83. The highest BCUT2D eigenvalue weighted by atomic mass is 15.1. The molecule has 0 N–H and O–H groups in total. The van der Waals surface area contributed by atoms with E-state index in [0.717, 1.165) is 0 Å². The van der Waals surface area contributed by atoms with Crippen molar-refractivity contribution in [3.05, 3.63) is 24.3 Å².